The van der Waals surface area contributed by atoms with Crippen molar-refractivity contribution in [1.29, 1.82) is 0 Å². The zero-order valence-corrected chi connectivity index (χ0v) is 11.8. The molecule has 0 aliphatic rings. The molecule has 1 atom stereocenters. The molecule has 1 rings (SSSR count). The number of carbonyl (C=O) groups is 2. The van der Waals surface area contributed by atoms with Crippen LogP contribution in [0.3, 0.4) is 0 Å². The third-order valence-corrected chi connectivity index (χ3v) is 2.64. The smallest absolute Gasteiger partial charge is 0.326 e. The Morgan fingerprint density at radius 2 is 1.89 bits per heavy atom. The number of hydrogen-bond donors (Lipinski definition) is 3. The molecule has 19 heavy (non-hydrogen) atoms. The first-order valence-electron chi connectivity index (χ1n) is 6.09. The van der Waals surface area contributed by atoms with Crippen LogP contribution in [0.15, 0.2) is 0 Å². The van der Waals surface area contributed by atoms with Crippen LogP contribution in [0.5, 0.6) is 0 Å². The number of H-pyrrole nitrogens is 1. The number of aromatic amines is 1. The second-order valence-electron chi connectivity index (χ2n) is 5.81. The molecule has 0 aliphatic heterocycles. The molecule has 0 aromatic carbocycles. The van der Waals surface area contributed by atoms with Gasteiger partial charge in [-0.25, -0.2) is 9.78 Å². The van der Waals surface area contributed by atoms with Crippen molar-refractivity contribution in [3.8, 4) is 0 Å². The van der Waals surface area contributed by atoms with Crippen LogP contribution in [0.2, 0.25) is 0 Å². The molecule has 0 radical (unpaired) electrons. The Morgan fingerprint density at radius 3 is 2.26 bits per heavy atom. The highest BCUT2D eigenvalue weighted by Crippen LogP contribution is 2.19. The van der Waals surface area contributed by atoms with Crippen molar-refractivity contribution in [3.05, 3.63) is 11.6 Å². The predicted octanol–water partition coefficient (Wildman–Crippen LogP) is 1.16. The number of nitrogens with one attached hydrogen (secondary N) is 2. The van der Waals surface area contributed by atoms with Crippen LogP contribution in [0.25, 0.3) is 0 Å². The van der Waals surface area contributed by atoms with Crippen molar-refractivity contribution in [2.75, 3.05) is 0 Å². The van der Waals surface area contributed by atoms with Gasteiger partial charge in [0.15, 0.2) is 0 Å². The Bertz CT molecular complexity index is 474. The highest BCUT2D eigenvalue weighted by Gasteiger charge is 2.33. The maximum atomic E-state index is 11.9. The summed E-state index contributed by atoms with van der Waals surface area (Å²) < 4.78 is 0. The van der Waals surface area contributed by atoms with E-state index < -0.39 is 23.3 Å². The number of amides is 1. The van der Waals surface area contributed by atoms with Crippen molar-refractivity contribution in [1.82, 2.24) is 20.5 Å². The summed E-state index contributed by atoms with van der Waals surface area (Å²) in [7, 11) is 0. The molecule has 0 saturated carbocycles. The number of nitrogens with zero attached hydrogens (tertiary/aromatic N) is 2. The third kappa shape index (κ3) is 3.77. The standard InChI is InChI=1S/C12H20N4O3/c1-6(2)8-14-9(16-15-8)10(17)13-7(11(18)19)12(3,4)5/h6-7H,1-5H3,(H,13,17)(H,18,19)(H,14,15,16)/t7-/m0/s1. The molecule has 0 aliphatic carbocycles. The minimum atomic E-state index is -1.08. The van der Waals surface area contributed by atoms with Crippen LogP contribution >= 0.6 is 0 Å². The second-order valence-corrected chi connectivity index (χ2v) is 5.81. The molecule has 1 amide bonds. The quantitative estimate of drug-likeness (QED) is 0.759. The van der Waals surface area contributed by atoms with E-state index >= 15 is 0 Å². The third-order valence-electron chi connectivity index (χ3n) is 2.64. The zero-order chi connectivity index (χ0) is 14.8. The fourth-order valence-corrected chi connectivity index (χ4v) is 1.48. The van der Waals surface area contributed by atoms with E-state index in [2.05, 4.69) is 20.5 Å². The van der Waals surface area contributed by atoms with E-state index in [-0.39, 0.29) is 11.7 Å². The maximum Gasteiger partial charge on any atom is 0.326 e. The number of carbonyl (C=O) groups excluding carboxylic acids is 1. The van der Waals surface area contributed by atoms with E-state index in [9.17, 15) is 9.59 Å². The lowest BCUT2D eigenvalue weighted by atomic mass is 9.87. The summed E-state index contributed by atoms with van der Waals surface area (Å²) in [4.78, 5) is 27.1. The van der Waals surface area contributed by atoms with Crippen LogP contribution < -0.4 is 5.32 Å². The van der Waals surface area contributed by atoms with Crippen LogP contribution in [-0.2, 0) is 4.79 Å². The van der Waals surface area contributed by atoms with Gasteiger partial charge in [-0.2, -0.15) is 0 Å². The molecular formula is C12H20N4O3. The summed E-state index contributed by atoms with van der Waals surface area (Å²) in [6, 6.07) is -0.999. The largest absolute Gasteiger partial charge is 0.480 e. The Labute approximate surface area is 111 Å². The summed E-state index contributed by atoms with van der Waals surface area (Å²) in [5.41, 5.74) is -0.599. The van der Waals surface area contributed by atoms with Gasteiger partial charge in [-0.05, 0) is 5.41 Å². The fraction of sp³-hybridized carbons (Fsp3) is 0.667. The van der Waals surface area contributed by atoms with Gasteiger partial charge in [0.1, 0.15) is 11.9 Å². The summed E-state index contributed by atoms with van der Waals surface area (Å²) in [6.45, 7) is 9.05. The molecule has 1 aromatic rings. The molecule has 1 aromatic heterocycles. The van der Waals surface area contributed by atoms with E-state index in [0.29, 0.717) is 5.82 Å². The maximum absolute atomic E-state index is 11.9. The number of carboxylic acids is 1. The first kappa shape index (κ1) is 15.1. The van der Waals surface area contributed by atoms with Gasteiger partial charge in [0.25, 0.3) is 5.91 Å². The lowest BCUT2D eigenvalue weighted by Crippen LogP contribution is -2.49. The Hall–Kier alpha value is -1.92. The second kappa shape index (κ2) is 5.38. The van der Waals surface area contributed by atoms with Crippen molar-refractivity contribution in [2.24, 2.45) is 5.41 Å². The van der Waals surface area contributed by atoms with Crippen molar-refractivity contribution in [2.45, 2.75) is 46.6 Å². The molecule has 1 heterocycles. The highest BCUT2D eigenvalue weighted by atomic mass is 16.4. The van der Waals surface area contributed by atoms with Gasteiger partial charge >= 0.3 is 5.97 Å². The molecule has 0 saturated heterocycles. The zero-order valence-electron chi connectivity index (χ0n) is 11.8. The molecule has 0 bridgehead atoms. The number of carboxylic acid groups (broad SMARTS) is 1. The van der Waals surface area contributed by atoms with E-state index in [0.717, 1.165) is 0 Å². The normalized spacial score (nSPS) is 13.4. The van der Waals surface area contributed by atoms with Gasteiger partial charge in [-0.3, -0.25) is 9.89 Å². The van der Waals surface area contributed by atoms with Gasteiger partial charge in [0.05, 0.1) is 0 Å². The minimum Gasteiger partial charge on any atom is -0.480 e. The molecule has 0 unspecified atom stereocenters. The van der Waals surface area contributed by atoms with E-state index in [1.165, 1.54) is 0 Å². The predicted molar refractivity (Wildman–Crippen MR) is 68.8 cm³/mol. The molecule has 0 fully saturated rings. The monoisotopic (exact) mass is 268 g/mol. The Kier molecular flexibility index (Phi) is 4.28. The van der Waals surface area contributed by atoms with E-state index in [4.69, 9.17) is 5.11 Å². The molecule has 7 nitrogen and oxygen atoms in total. The summed E-state index contributed by atoms with van der Waals surface area (Å²) in [5, 5.41) is 18.0. The Morgan fingerprint density at radius 1 is 1.32 bits per heavy atom. The molecule has 0 spiro atoms. The Balaban J connectivity index is 2.85. The van der Waals surface area contributed by atoms with Gasteiger partial charge in [-0.1, -0.05) is 34.6 Å². The minimum absolute atomic E-state index is 0.0424. The lowest BCUT2D eigenvalue weighted by Gasteiger charge is -2.27. The molecule has 7 heteroatoms. The summed E-state index contributed by atoms with van der Waals surface area (Å²) >= 11 is 0. The van der Waals surface area contributed by atoms with Crippen LogP contribution in [0, 0.1) is 5.41 Å². The fourth-order valence-electron chi connectivity index (χ4n) is 1.48. The summed E-state index contributed by atoms with van der Waals surface area (Å²) in [6.07, 6.45) is 0. The van der Waals surface area contributed by atoms with Crippen LogP contribution in [-0.4, -0.2) is 38.2 Å². The highest BCUT2D eigenvalue weighted by molar-refractivity contribution is 5.93. The molecular weight excluding hydrogens is 248 g/mol. The van der Waals surface area contributed by atoms with Gasteiger partial charge in [-0.15, -0.1) is 5.10 Å². The lowest BCUT2D eigenvalue weighted by molar-refractivity contribution is -0.142. The van der Waals surface area contributed by atoms with Crippen molar-refractivity contribution < 1.29 is 14.7 Å². The van der Waals surface area contributed by atoms with Crippen molar-refractivity contribution >= 4 is 11.9 Å². The first-order valence-corrected chi connectivity index (χ1v) is 6.09. The van der Waals surface area contributed by atoms with Crippen LogP contribution in [0.4, 0.5) is 0 Å². The van der Waals surface area contributed by atoms with Crippen LogP contribution in [0.1, 0.15) is 57.0 Å². The topological polar surface area (TPSA) is 108 Å². The van der Waals surface area contributed by atoms with E-state index in [1.54, 1.807) is 20.8 Å². The van der Waals surface area contributed by atoms with Gasteiger partial charge in [0, 0.05) is 5.92 Å². The molecule has 106 valence electrons. The number of aromatic nitrogens is 3. The average Bonchev–Trinajstić information content (AvgIpc) is 2.72. The van der Waals surface area contributed by atoms with Crippen molar-refractivity contribution in [3.63, 3.8) is 0 Å². The van der Waals surface area contributed by atoms with Gasteiger partial charge in [0.2, 0.25) is 5.82 Å². The first-order chi connectivity index (χ1) is 8.62. The number of rotatable bonds is 4. The number of aliphatic carboxylic acids is 1. The van der Waals surface area contributed by atoms with E-state index in [1.807, 2.05) is 13.8 Å². The average molecular weight is 268 g/mol. The SMILES string of the molecule is CC(C)c1nc(C(=O)N[C@@H](C(=O)O)C(C)(C)C)n[nH]1. The number of hydrogen-bond acceptors (Lipinski definition) is 4. The molecule has 3 N–H and O–H groups in total. The van der Waals surface area contributed by atoms with Gasteiger partial charge < -0.3 is 10.4 Å². The summed E-state index contributed by atoms with van der Waals surface area (Å²) in [5.74, 6) is -1.01.